The van der Waals surface area contributed by atoms with Crippen molar-refractivity contribution in [3.8, 4) is 17.0 Å². The molecule has 0 atom stereocenters. The number of methoxy groups -OCH3 is 1. The maximum Gasteiger partial charge on any atom is 0.280 e. The second-order valence-corrected chi connectivity index (χ2v) is 9.16. The standard InChI is InChI=1S/C27H22ClF3N6O2/c1-14-24(15(2)36(35-14)13-16-8-9-17(29)10-20(16)28)34-27(38)19-12-32-37-22(25(30)31)11-21(33-26(19)37)18-6-4-5-7-23(18)39-3/h4-12,25H,13H2,1-3H3,(H,34,38). The van der Waals surface area contributed by atoms with Gasteiger partial charge in [0, 0.05) is 10.6 Å². The molecule has 0 aliphatic rings. The van der Waals surface area contributed by atoms with E-state index >= 15 is 0 Å². The maximum atomic E-state index is 14.0. The summed E-state index contributed by atoms with van der Waals surface area (Å²) in [6.45, 7) is 3.73. The van der Waals surface area contributed by atoms with Gasteiger partial charge < -0.3 is 10.1 Å². The normalized spacial score (nSPS) is 11.4. The first-order chi connectivity index (χ1) is 18.7. The number of hydrogen-bond donors (Lipinski definition) is 1. The van der Waals surface area contributed by atoms with E-state index in [1.807, 2.05) is 0 Å². The van der Waals surface area contributed by atoms with Crippen molar-refractivity contribution in [2.24, 2.45) is 0 Å². The zero-order valence-electron chi connectivity index (χ0n) is 21.0. The van der Waals surface area contributed by atoms with Crippen LogP contribution in [0.1, 0.15) is 39.4 Å². The molecule has 0 unspecified atom stereocenters. The number of nitrogens with zero attached hydrogens (tertiary/aromatic N) is 5. The minimum atomic E-state index is -2.87. The van der Waals surface area contributed by atoms with E-state index < -0.39 is 23.8 Å². The van der Waals surface area contributed by atoms with Crippen LogP contribution in [0.25, 0.3) is 16.9 Å². The Morgan fingerprint density at radius 3 is 2.64 bits per heavy atom. The van der Waals surface area contributed by atoms with Crippen molar-refractivity contribution < 1.29 is 22.7 Å². The molecule has 0 saturated heterocycles. The molecule has 8 nitrogen and oxygen atoms in total. The highest BCUT2D eigenvalue weighted by Gasteiger charge is 2.24. The molecule has 0 fully saturated rings. The van der Waals surface area contributed by atoms with E-state index in [9.17, 15) is 18.0 Å². The molecule has 39 heavy (non-hydrogen) atoms. The Balaban J connectivity index is 1.51. The average Bonchev–Trinajstić information content (AvgIpc) is 3.46. The van der Waals surface area contributed by atoms with Crippen molar-refractivity contribution in [3.63, 3.8) is 0 Å². The van der Waals surface area contributed by atoms with Crippen molar-refractivity contribution in [1.29, 1.82) is 0 Å². The number of para-hydroxylation sites is 1. The Bertz CT molecular complexity index is 1720. The molecule has 5 aromatic rings. The number of hydrogen-bond acceptors (Lipinski definition) is 5. The summed E-state index contributed by atoms with van der Waals surface area (Å²) >= 11 is 6.17. The Kier molecular flexibility index (Phi) is 7.00. The molecule has 0 saturated carbocycles. The predicted molar refractivity (Wildman–Crippen MR) is 140 cm³/mol. The van der Waals surface area contributed by atoms with Crippen LogP contribution >= 0.6 is 11.6 Å². The average molecular weight is 555 g/mol. The number of alkyl halides is 2. The Hall–Kier alpha value is -4.38. The minimum absolute atomic E-state index is 0.00165. The number of nitrogens with one attached hydrogen (secondary N) is 1. The summed E-state index contributed by atoms with van der Waals surface area (Å²) in [4.78, 5) is 17.9. The van der Waals surface area contributed by atoms with E-state index in [0.29, 0.717) is 34.0 Å². The molecule has 1 amide bonds. The number of ether oxygens (including phenoxy) is 1. The first-order valence-electron chi connectivity index (χ1n) is 11.8. The lowest BCUT2D eigenvalue weighted by atomic mass is 10.1. The second kappa shape index (κ2) is 10.4. The summed E-state index contributed by atoms with van der Waals surface area (Å²) in [7, 11) is 1.47. The summed E-state index contributed by atoms with van der Waals surface area (Å²) < 4.78 is 49.4. The summed E-state index contributed by atoms with van der Waals surface area (Å²) in [5.74, 6) is -0.601. The number of aromatic nitrogens is 5. The molecule has 3 aromatic heterocycles. The van der Waals surface area contributed by atoms with Crippen LogP contribution in [0, 0.1) is 19.7 Å². The van der Waals surface area contributed by atoms with Crippen LogP contribution in [0.5, 0.6) is 5.75 Å². The second-order valence-electron chi connectivity index (χ2n) is 8.75. The van der Waals surface area contributed by atoms with Gasteiger partial charge in [0.25, 0.3) is 12.3 Å². The molecular formula is C27H22ClF3N6O2. The number of aryl methyl sites for hydroxylation is 1. The molecule has 2 aromatic carbocycles. The van der Waals surface area contributed by atoms with Crippen LogP contribution in [-0.4, -0.2) is 37.4 Å². The smallest absolute Gasteiger partial charge is 0.280 e. The van der Waals surface area contributed by atoms with Crippen molar-refractivity contribution in [1.82, 2.24) is 24.4 Å². The number of amides is 1. The molecular weight excluding hydrogens is 533 g/mol. The number of benzene rings is 2. The van der Waals surface area contributed by atoms with Crippen molar-refractivity contribution >= 4 is 28.8 Å². The van der Waals surface area contributed by atoms with Gasteiger partial charge in [-0.2, -0.15) is 10.2 Å². The first-order valence-corrected chi connectivity index (χ1v) is 12.1. The van der Waals surface area contributed by atoms with Crippen LogP contribution in [0.15, 0.2) is 54.7 Å². The quantitative estimate of drug-likeness (QED) is 0.257. The molecule has 0 aliphatic carbocycles. The lowest BCUT2D eigenvalue weighted by Gasteiger charge is -2.11. The van der Waals surface area contributed by atoms with Gasteiger partial charge in [-0.15, -0.1) is 0 Å². The van der Waals surface area contributed by atoms with E-state index in [1.54, 1.807) is 48.9 Å². The molecule has 0 aliphatic heterocycles. The number of carbonyl (C=O) groups is 1. The number of anilines is 1. The van der Waals surface area contributed by atoms with Crippen molar-refractivity contribution in [3.05, 3.63) is 93.8 Å². The van der Waals surface area contributed by atoms with E-state index in [4.69, 9.17) is 16.3 Å². The van der Waals surface area contributed by atoms with E-state index in [1.165, 1.54) is 31.5 Å². The van der Waals surface area contributed by atoms with E-state index in [2.05, 4.69) is 20.5 Å². The molecule has 3 heterocycles. The summed E-state index contributed by atoms with van der Waals surface area (Å²) in [6, 6.07) is 12.2. The molecule has 200 valence electrons. The minimum Gasteiger partial charge on any atom is -0.496 e. The lowest BCUT2D eigenvalue weighted by molar-refractivity contribution is 0.102. The number of rotatable bonds is 7. The largest absolute Gasteiger partial charge is 0.496 e. The lowest BCUT2D eigenvalue weighted by Crippen LogP contribution is -2.14. The first kappa shape index (κ1) is 26.2. The third-order valence-electron chi connectivity index (χ3n) is 6.31. The Morgan fingerprint density at radius 1 is 1.15 bits per heavy atom. The Morgan fingerprint density at radius 2 is 1.92 bits per heavy atom. The highest BCUT2D eigenvalue weighted by molar-refractivity contribution is 6.31. The van der Waals surface area contributed by atoms with Gasteiger partial charge in [-0.05, 0) is 49.7 Å². The fourth-order valence-corrected chi connectivity index (χ4v) is 4.55. The third-order valence-corrected chi connectivity index (χ3v) is 6.66. The topological polar surface area (TPSA) is 86.3 Å². The van der Waals surface area contributed by atoms with Gasteiger partial charge in [0.1, 0.15) is 22.8 Å². The number of halogens is 4. The summed E-state index contributed by atoms with van der Waals surface area (Å²) in [5.41, 5.74) is 2.47. The number of carbonyl (C=O) groups excluding carboxylic acids is 1. The SMILES string of the molecule is COc1ccccc1-c1cc(C(F)F)n2ncc(C(=O)Nc3c(C)nn(Cc4ccc(F)cc4Cl)c3C)c2n1. The van der Waals surface area contributed by atoms with Gasteiger partial charge in [0.2, 0.25) is 0 Å². The molecule has 0 bridgehead atoms. The van der Waals surface area contributed by atoms with Crippen LogP contribution in [0.2, 0.25) is 5.02 Å². The molecule has 5 rings (SSSR count). The molecule has 12 heteroatoms. The van der Waals surface area contributed by atoms with Crippen molar-refractivity contribution in [2.75, 3.05) is 12.4 Å². The van der Waals surface area contributed by atoms with Crippen LogP contribution in [0.4, 0.5) is 18.9 Å². The van der Waals surface area contributed by atoms with Gasteiger partial charge >= 0.3 is 0 Å². The van der Waals surface area contributed by atoms with Crippen LogP contribution < -0.4 is 10.1 Å². The predicted octanol–water partition coefficient (Wildman–Crippen LogP) is 6.25. The maximum absolute atomic E-state index is 14.0. The monoisotopic (exact) mass is 554 g/mol. The third kappa shape index (κ3) is 4.92. The molecule has 0 radical (unpaired) electrons. The van der Waals surface area contributed by atoms with Crippen LogP contribution in [-0.2, 0) is 6.54 Å². The molecule has 0 spiro atoms. The zero-order chi connectivity index (χ0) is 27.8. The van der Waals surface area contributed by atoms with Gasteiger partial charge in [0.15, 0.2) is 5.65 Å². The summed E-state index contributed by atoms with van der Waals surface area (Å²) in [5, 5.41) is 11.6. The molecule has 1 N–H and O–H groups in total. The highest BCUT2D eigenvalue weighted by Crippen LogP contribution is 2.32. The highest BCUT2D eigenvalue weighted by atomic mass is 35.5. The van der Waals surface area contributed by atoms with Crippen molar-refractivity contribution in [2.45, 2.75) is 26.8 Å². The summed E-state index contributed by atoms with van der Waals surface area (Å²) in [6.07, 6.45) is -1.68. The van der Waals surface area contributed by atoms with Gasteiger partial charge in [-0.25, -0.2) is 22.7 Å². The van der Waals surface area contributed by atoms with Gasteiger partial charge in [0.05, 0.1) is 42.6 Å². The van der Waals surface area contributed by atoms with Crippen LogP contribution in [0.3, 0.4) is 0 Å². The van der Waals surface area contributed by atoms with Gasteiger partial charge in [-0.1, -0.05) is 29.8 Å². The van der Waals surface area contributed by atoms with Gasteiger partial charge in [-0.3, -0.25) is 9.48 Å². The van der Waals surface area contributed by atoms with E-state index in [0.717, 1.165) is 4.52 Å². The fraction of sp³-hybridized carbons (Fsp3) is 0.185. The Labute approximate surface area is 226 Å². The van der Waals surface area contributed by atoms with E-state index in [-0.39, 0.29) is 28.5 Å². The zero-order valence-corrected chi connectivity index (χ0v) is 21.8. The number of fused-ring (bicyclic) bond motifs is 1. The fourth-order valence-electron chi connectivity index (χ4n) is 4.32.